The molecule has 0 saturated heterocycles. The van der Waals surface area contributed by atoms with Crippen LogP contribution in [0.3, 0.4) is 0 Å². The normalized spacial score (nSPS) is 11.7. The molecule has 3 N–H and O–H groups in total. The first-order chi connectivity index (χ1) is 6.69. The third-order valence-corrected chi connectivity index (χ3v) is 2.23. The Morgan fingerprint density at radius 1 is 1.47 bits per heavy atom. The van der Waals surface area contributed by atoms with Crippen molar-refractivity contribution in [3.05, 3.63) is 23.8 Å². The van der Waals surface area contributed by atoms with Crippen LogP contribution >= 0.6 is 12.4 Å². The second-order valence-electron chi connectivity index (χ2n) is 3.33. The molecule has 0 radical (unpaired) electrons. The molecule has 0 fully saturated rings. The van der Waals surface area contributed by atoms with Gasteiger partial charge in [-0.2, -0.15) is 0 Å². The zero-order chi connectivity index (χ0) is 10.6. The fraction of sp³-hybridized carbons (Fsp3) is 0.455. The number of rotatable bonds is 4. The average Bonchev–Trinajstić information content (AvgIpc) is 2.18. The molecule has 86 valence electrons. The van der Waals surface area contributed by atoms with Gasteiger partial charge in [-0.05, 0) is 24.1 Å². The van der Waals surface area contributed by atoms with Gasteiger partial charge in [0.05, 0.1) is 7.11 Å². The van der Waals surface area contributed by atoms with Crippen LogP contribution in [0.5, 0.6) is 11.5 Å². The lowest BCUT2D eigenvalue weighted by atomic mass is 10.0. The number of aromatic hydroxyl groups is 1. The Hall–Kier alpha value is -0.930. The van der Waals surface area contributed by atoms with Crippen molar-refractivity contribution in [1.82, 2.24) is 0 Å². The number of phenolic OH excluding ortho intramolecular Hbond substituents is 1. The Morgan fingerprint density at radius 3 is 2.60 bits per heavy atom. The molecule has 0 heterocycles. The van der Waals surface area contributed by atoms with Crippen molar-refractivity contribution >= 4 is 12.4 Å². The van der Waals surface area contributed by atoms with Crippen molar-refractivity contribution in [2.75, 3.05) is 7.11 Å². The van der Waals surface area contributed by atoms with E-state index in [1.54, 1.807) is 12.1 Å². The van der Waals surface area contributed by atoms with E-state index in [1.165, 1.54) is 7.11 Å². The van der Waals surface area contributed by atoms with Crippen LogP contribution in [0, 0.1) is 0 Å². The number of methoxy groups -OCH3 is 1. The number of hydrogen-bond acceptors (Lipinski definition) is 3. The van der Waals surface area contributed by atoms with Gasteiger partial charge in [0.25, 0.3) is 0 Å². The summed E-state index contributed by atoms with van der Waals surface area (Å²) in [7, 11) is 1.53. The monoisotopic (exact) mass is 231 g/mol. The number of nitrogens with two attached hydrogens (primary N) is 1. The van der Waals surface area contributed by atoms with Gasteiger partial charge in [0.15, 0.2) is 11.5 Å². The lowest BCUT2D eigenvalue weighted by molar-refractivity contribution is 0.372. The first-order valence-electron chi connectivity index (χ1n) is 4.81. The molecule has 1 aromatic rings. The Balaban J connectivity index is 0.00000196. The molecule has 0 spiro atoms. The van der Waals surface area contributed by atoms with E-state index in [1.807, 2.05) is 6.07 Å². The predicted octanol–water partition coefficient (Wildman–Crippen LogP) is 2.62. The van der Waals surface area contributed by atoms with Crippen LogP contribution in [-0.4, -0.2) is 12.2 Å². The third kappa shape index (κ3) is 3.61. The van der Waals surface area contributed by atoms with Gasteiger partial charge in [-0.1, -0.05) is 19.4 Å². The van der Waals surface area contributed by atoms with Crippen LogP contribution < -0.4 is 10.5 Å². The number of benzene rings is 1. The van der Waals surface area contributed by atoms with Crippen molar-refractivity contribution < 1.29 is 9.84 Å². The van der Waals surface area contributed by atoms with Gasteiger partial charge in [-0.3, -0.25) is 0 Å². The summed E-state index contributed by atoms with van der Waals surface area (Å²) in [5, 5.41) is 9.53. The summed E-state index contributed by atoms with van der Waals surface area (Å²) in [5.41, 5.74) is 6.86. The largest absolute Gasteiger partial charge is 0.504 e. The summed E-state index contributed by atoms with van der Waals surface area (Å²) in [4.78, 5) is 0. The van der Waals surface area contributed by atoms with Crippen molar-refractivity contribution in [3.63, 3.8) is 0 Å². The highest BCUT2D eigenvalue weighted by molar-refractivity contribution is 5.85. The maximum absolute atomic E-state index is 9.53. The summed E-state index contributed by atoms with van der Waals surface area (Å²) in [6.07, 6.45) is 1.96. The van der Waals surface area contributed by atoms with E-state index in [2.05, 4.69) is 6.92 Å². The fourth-order valence-corrected chi connectivity index (χ4v) is 1.42. The van der Waals surface area contributed by atoms with Crippen molar-refractivity contribution in [2.45, 2.75) is 25.8 Å². The number of phenols is 1. The molecule has 0 aliphatic carbocycles. The van der Waals surface area contributed by atoms with Gasteiger partial charge in [0.1, 0.15) is 0 Å². The minimum Gasteiger partial charge on any atom is -0.504 e. The molecule has 0 saturated carbocycles. The molecule has 1 rings (SSSR count). The fourth-order valence-electron chi connectivity index (χ4n) is 1.42. The molecule has 4 heteroatoms. The average molecular weight is 232 g/mol. The molecule has 3 nitrogen and oxygen atoms in total. The van der Waals surface area contributed by atoms with E-state index in [0.717, 1.165) is 18.4 Å². The van der Waals surface area contributed by atoms with Crippen molar-refractivity contribution in [1.29, 1.82) is 0 Å². The van der Waals surface area contributed by atoms with Crippen LogP contribution in [0.4, 0.5) is 0 Å². The molecule has 1 atom stereocenters. The second kappa shape index (κ2) is 6.53. The Labute approximate surface area is 96.7 Å². The standard InChI is InChI=1S/C11H17NO2.ClH/c1-3-4-9(12)8-5-6-11(14-2)10(13)7-8;/h5-7,9,13H,3-4,12H2,1-2H3;1H. The molecule has 0 amide bonds. The highest BCUT2D eigenvalue weighted by atomic mass is 35.5. The van der Waals surface area contributed by atoms with Gasteiger partial charge in [0, 0.05) is 6.04 Å². The van der Waals surface area contributed by atoms with Gasteiger partial charge >= 0.3 is 0 Å². The Bertz CT molecular complexity index is 305. The van der Waals surface area contributed by atoms with E-state index in [4.69, 9.17) is 10.5 Å². The molecular weight excluding hydrogens is 214 g/mol. The summed E-state index contributed by atoms with van der Waals surface area (Å²) < 4.78 is 4.95. The smallest absolute Gasteiger partial charge is 0.160 e. The molecular formula is C11H18ClNO2. The van der Waals surface area contributed by atoms with Crippen LogP contribution in [0.1, 0.15) is 31.4 Å². The van der Waals surface area contributed by atoms with Crippen LogP contribution in [0.25, 0.3) is 0 Å². The molecule has 1 aromatic carbocycles. The van der Waals surface area contributed by atoms with Crippen LogP contribution in [-0.2, 0) is 0 Å². The number of hydrogen-bond donors (Lipinski definition) is 2. The SMILES string of the molecule is CCCC(N)c1ccc(OC)c(O)c1.Cl. The van der Waals surface area contributed by atoms with E-state index >= 15 is 0 Å². The Kier molecular flexibility index (Phi) is 6.13. The van der Waals surface area contributed by atoms with Gasteiger partial charge in [0.2, 0.25) is 0 Å². The van der Waals surface area contributed by atoms with E-state index in [0.29, 0.717) is 5.75 Å². The third-order valence-electron chi connectivity index (χ3n) is 2.23. The molecule has 0 aliphatic rings. The lowest BCUT2D eigenvalue weighted by Crippen LogP contribution is -2.09. The maximum atomic E-state index is 9.53. The van der Waals surface area contributed by atoms with Gasteiger partial charge in [-0.25, -0.2) is 0 Å². The minimum absolute atomic E-state index is 0. The number of ether oxygens (including phenoxy) is 1. The quantitative estimate of drug-likeness (QED) is 0.838. The topological polar surface area (TPSA) is 55.5 Å². The highest BCUT2D eigenvalue weighted by Gasteiger charge is 2.08. The maximum Gasteiger partial charge on any atom is 0.160 e. The molecule has 15 heavy (non-hydrogen) atoms. The molecule has 0 aromatic heterocycles. The second-order valence-corrected chi connectivity index (χ2v) is 3.33. The van der Waals surface area contributed by atoms with E-state index in [9.17, 15) is 5.11 Å². The summed E-state index contributed by atoms with van der Waals surface area (Å²) in [5.74, 6) is 0.633. The van der Waals surface area contributed by atoms with Crippen molar-refractivity contribution in [3.8, 4) is 11.5 Å². The van der Waals surface area contributed by atoms with E-state index in [-0.39, 0.29) is 24.2 Å². The first kappa shape index (κ1) is 14.1. The van der Waals surface area contributed by atoms with Crippen LogP contribution in [0.15, 0.2) is 18.2 Å². The molecule has 0 bridgehead atoms. The van der Waals surface area contributed by atoms with E-state index < -0.39 is 0 Å². The minimum atomic E-state index is -0.00296. The lowest BCUT2D eigenvalue weighted by Gasteiger charge is -2.12. The number of halogens is 1. The predicted molar refractivity (Wildman–Crippen MR) is 63.7 cm³/mol. The van der Waals surface area contributed by atoms with Crippen LogP contribution in [0.2, 0.25) is 0 Å². The summed E-state index contributed by atoms with van der Waals surface area (Å²) >= 11 is 0. The summed E-state index contributed by atoms with van der Waals surface area (Å²) in [6, 6.07) is 5.29. The van der Waals surface area contributed by atoms with Crippen molar-refractivity contribution in [2.24, 2.45) is 5.73 Å². The first-order valence-corrected chi connectivity index (χ1v) is 4.81. The Morgan fingerprint density at radius 2 is 2.13 bits per heavy atom. The van der Waals surface area contributed by atoms with Gasteiger partial charge in [-0.15, -0.1) is 12.4 Å². The molecule has 0 aliphatic heterocycles. The summed E-state index contributed by atoms with van der Waals surface area (Å²) in [6.45, 7) is 2.09. The van der Waals surface area contributed by atoms with Gasteiger partial charge < -0.3 is 15.6 Å². The highest BCUT2D eigenvalue weighted by Crippen LogP contribution is 2.29. The molecule has 1 unspecified atom stereocenters. The zero-order valence-corrected chi connectivity index (χ0v) is 9.88. The zero-order valence-electron chi connectivity index (χ0n) is 9.06.